The normalized spacial score (nSPS) is 11.2. The van der Waals surface area contributed by atoms with Gasteiger partial charge in [0.1, 0.15) is 23.9 Å². The van der Waals surface area contributed by atoms with E-state index < -0.39 is 0 Å². The standard InChI is InChI=1S/C18H20BrNO3/c1-3-11-22-20-18(13-19)14-5-4-6-17(12-14)23-16-9-7-15(21-2)8-10-16/h4-10,12H,3,11,13H2,1-2H3/b20-18+. The van der Waals surface area contributed by atoms with Crippen LogP contribution < -0.4 is 9.47 Å². The number of oxime groups is 1. The highest BCUT2D eigenvalue weighted by Gasteiger charge is 2.06. The van der Waals surface area contributed by atoms with Gasteiger partial charge in [-0.05, 0) is 42.8 Å². The molecule has 0 bridgehead atoms. The lowest BCUT2D eigenvalue weighted by Crippen LogP contribution is -2.04. The van der Waals surface area contributed by atoms with Crippen LogP contribution in [0, 0.1) is 0 Å². The van der Waals surface area contributed by atoms with E-state index in [-0.39, 0.29) is 0 Å². The molecule has 0 saturated carbocycles. The Balaban J connectivity index is 2.13. The first-order valence-corrected chi connectivity index (χ1v) is 8.56. The molecule has 2 rings (SSSR count). The van der Waals surface area contributed by atoms with Crippen molar-refractivity contribution in [2.75, 3.05) is 19.0 Å². The van der Waals surface area contributed by atoms with Crippen molar-refractivity contribution in [3.63, 3.8) is 0 Å². The molecule has 0 fully saturated rings. The van der Waals surface area contributed by atoms with Crippen molar-refractivity contribution in [3.8, 4) is 17.2 Å². The lowest BCUT2D eigenvalue weighted by Gasteiger charge is -2.09. The van der Waals surface area contributed by atoms with Crippen molar-refractivity contribution >= 4 is 21.6 Å². The van der Waals surface area contributed by atoms with E-state index in [1.54, 1.807) is 7.11 Å². The van der Waals surface area contributed by atoms with Crippen LogP contribution in [0.15, 0.2) is 53.7 Å². The largest absolute Gasteiger partial charge is 0.497 e. The van der Waals surface area contributed by atoms with Gasteiger partial charge in [-0.25, -0.2) is 0 Å². The molecule has 0 aliphatic carbocycles. The quantitative estimate of drug-likeness (QED) is 0.281. The minimum atomic E-state index is 0.610. The predicted octanol–water partition coefficient (Wildman–Crippen LogP) is 5.01. The van der Waals surface area contributed by atoms with Gasteiger partial charge in [0.2, 0.25) is 0 Å². The summed E-state index contributed by atoms with van der Waals surface area (Å²) >= 11 is 3.45. The Morgan fingerprint density at radius 2 is 1.78 bits per heavy atom. The van der Waals surface area contributed by atoms with Crippen LogP contribution in [0.4, 0.5) is 0 Å². The number of alkyl halides is 1. The van der Waals surface area contributed by atoms with Crippen LogP contribution in [0.5, 0.6) is 17.2 Å². The van der Waals surface area contributed by atoms with Gasteiger partial charge in [-0.15, -0.1) is 0 Å². The van der Waals surface area contributed by atoms with Gasteiger partial charge in [0.15, 0.2) is 0 Å². The van der Waals surface area contributed by atoms with E-state index in [1.165, 1.54) is 0 Å². The molecule has 0 radical (unpaired) electrons. The molecule has 2 aromatic rings. The molecule has 0 aromatic heterocycles. The number of benzene rings is 2. The lowest BCUT2D eigenvalue weighted by molar-refractivity contribution is 0.145. The Bertz CT molecular complexity index is 641. The molecule has 23 heavy (non-hydrogen) atoms. The van der Waals surface area contributed by atoms with Gasteiger partial charge in [-0.1, -0.05) is 40.1 Å². The fourth-order valence-electron chi connectivity index (χ4n) is 1.89. The summed E-state index contributed by atoms with van der Waals surface area (Å²) < 4.78 is 11.0. The summed E-state index contributed by atoms with van der Waals surface area (Å²) in [5, 5.41) is 4.78. The maximum Gasteiger partial charge on any atom is 0.128 e. The zero-order chi connectivity index (χ0) is 16.5. The molecule has 0 aliphatic rings. The average Bonchev–Trinajstić information content (AvgIpc) is 2.60. The Morgan fingerprint density at radius 3 is 2.43 bits per heavy atom. The number of ether oxygens (including phenoxy) is 2. The first-order valence-electron chi connectivity index (χ1n) is 7.44. The van der Waals surface area contributed by atoms with Crippen LogP contribution in [0.25, 0.3) is 0 Å². The van der Waals surface area contributed by atoms with Crippen LogP contribution in [-0.4, -0.2) is 24.8 Å². The molecule has 2 aromatic carbocycles. The molecule has 122 valence electrons. The third-order valence-corrected chi connectivity index (χ3v) is 3.59. The van der Waals surface area contributed by atoms with Crippen molar-refractivity contribution in [2.24, 2.45) is 5.16 Å². The minimum Gasteiger partial charge on any atom is -0.497 e. The van der Waals surface area contributed by atoms with Crippen molar-refractivity contribution in [1.82, 2.24) is 0 Å². The topological polar surface area (TPSA) is 40.0 Å². The molecule has 0 unspecified atom stereocenters. The third kappa shape index (κ3) is 5.28. The number of methoxy groups -OCH3 is 1. The second-order valence-corrected chi connectivity index (χ2v) is 5.37. The highest BCUT2D eigenvalue weighted by Crippen LogP contribution is 2.24. The molecule has 4 nitrogen and oxygen atoms in total. The van der Waals surface area contributed by atoms with Gasteiger partial charge in [-0.3, -0.25) is 0 Å². The van der Waals surface area contributed by atoms with E-state index in [0.29, 0.717) is 11.9 Å². The van der Waals surface area contributed by atoms with Gasteiger partial charge < -0.3 is 14.3 Å². The molecule has 0 aliphatic heterocycles. The van der Waals surface area contributed by atoms with Crippen molar-refractivity contribution < 1.29 is 14.3 Å². The highest BCUT2D eigenvalue weighted by molar-refractivity contribution is 9.09. The molecule has 5 heteroatoms. The second-order valence-electron chi connectivity index (χ2n) is 4.81. The Kier molecular flexibility index (Phi) is 6.94. The Hall–Kier alpha value is -2.01. The van der Waals surface area contributed by atoms with Crippen molar-refractivity contribution in [2.45, 2.75) is 13.3 Å². The summed E-state index contributed by atoms with van der Waals surface area (Å²) in [6.45, 7) is 2.66. The average molecular weight is 378 g/mol. The second kappa shape index (κ2) is 9.20. The minimum absolute atomic E-state index is 0.610. The van der Waals surface area contributed by atoms with E-state index >= 15 is 0 Å². The summed E-state index contributed by atoms with van der Waals surface area (Å²) in [4.78, 5) is 5.28. The van der Waals surface area contributed by atoms with Crippen LogP contribution >= 0.6 is 15.9 Å². The first-order chi connectivity index (χ1) is 11.3. The molecular formula is C18H20BrNO3. The van der Waals surface area contributed by atoms with E-state index in [9.17, 15) is 0 Å². The number of hydrogen-bond acceptors (Lipinski definition) is 4. The van der Waals surface area contributed by atoms with E-state index in [4.69, 9.17) is 14.3 Å². The molecule has 0 heterocycles. The van der Waals surface area contributed by atoms with Gasteiger partial charge in [-0.2, -0.15) is 0 Å². The van der Waals surface area contributed by atoms with E-state index in [1.807, 2.05) is 55.5 Å². The summed E-state index contributed by atoms with van der Waals surface area (Å²) in [5.41, 5.74) is 1.79. The smallest absolute Gasteiger partial charge is 0.128 e. The van der Waals surface area contributed by atoms with Crippen LogP contribution in [-0.2, 0) is 4.84 Å². The molecule has 0 saturated heterocycles. The zero-order valence-electron chi connectivity index (χ0n) is 13.3. The number of nitrogens with zero attached hydrogens (tertiary/aromatic N) is 1. The fraction of sp³-hybridized carbons (Fsp3) is 0.278. The third-order valence-electron chi connectivity index (χ3n) is 3.06. The van der Waals surface area contributed by atoms with Crippen LogP contribution in [0.2, 0.25) is 0 Å². The van der Waals surface area contributed by atoms with Crippen LogP contribution in [0.1, 0.15) is 18.9 Å². The molecule has 0 amide bonds. The number of rotatable bonds is 8. The van der Waals surface area contributed by atoms with Crippen LogP contribution in [0.3, 0.4) is 0 Å². The molecule has 0 N–H and O–H groups in total. The summed E-state index contributed by atoms with van der Waals surface area (Å²) in [5.74, 6) is 2.30. The number of halogens is 1. The van der Waals surface area contributed by atoms with E-state index in [2.05, 4.69) is 21.1 Å². The van der Waals surface area contributed by atoms with E-state index in [0.717, 1.165) is 34.9 Å². The summed E-state index contributed by atoms with van der Waals surface area (Å²) in [7, 11) is 1.64. The monoisotopic (exact) mass is 377 g/mol. The van der Waals surface area contributed by atoms with Gasteiger partial charge in [0, 0.05) is 10.9 Å². The maximum absolute atomic E-state index is 5.87. The van der Waals surface area contributed by atoms with Crippen molar-refractivity contribution in [1.29, 1.82) is 0 Å². The predicted molar refractivity (Wildman–Crippen MR) is 96.1 cm³/mol. The van der Waals surface area contributed by atoms with Gasteiger partial charge in [0.05, 0.1) is 12.8 Å². The Morgan fingerprint density at radius 1 is 1.04 bits per heavy atom. The summed E-state index contributed by atoms with van der Waals surface area (Å²) in [6, 6.07) is 15.2. The lowest BCUT2D eigenvalue weighted by atomic mass is 10.1. The molecule has 0 atom stereocenters. The zero-order valence-corrected chi connectivity index (χ0v) is 14.9. The SMILES string of the molecule is CCCO/N=C(\CBr)c1cccc(Oc2ccc(OC)cc2)c1. The maximum atomic E-state index is 5.87. The van der Waals surface area contributed by atoms with Crippen molar-refractivity contribution in [3.05, 3.63) is 54.1 Å². The molecular weight excluding hydrogens is 358 g/mol. The highest BCUT2D eigenvalue weighted by atomic mass is 79.9. The van der Waals surface area contributed by atoms with Gasteiger partial charge >= 0.3 is 0 Å². The number of hydrogen-bond donors (Lipinski definition) is 0. The Labute approximate surface area is 145 Å². The van der Waals surface area contributed by atoms with Gasteiger partial charge in [0.25, 0.3) is 0 Å². The summed E-state index contributed by atoms with van der Waals surface area (Å²) in [6.07, 6.45) is 0.930. The first kappa shape index (κ1) is 17.3. The molecule has 0 spiro atoms. The fourth-order valence-corrected chi connectivity index (χ4v) is 2.31.